The first kappa shape index (κ1) is 15.2. The van der Waals surface area contributed by atoms with Crippen LogP contribution in [0.15, 0.2) is 48.8 Å². The van der Waals surface area contributed by atoms with Gasteiger partial charge in [-0.05, 0) is 44.9 Å². The van der Waals surface area contributed by atoms with Crippen molar-refractivity contribution in [1.82, 2.24) is 10.0 Å². The van der Waals surface area contributed by atoms with E-state index in [1.807, 2.05) is 18.5 Å². The Kier molecular flexibility index (Phi) is 4.02. The number of hydroxylamine groups is 2. The molecule has 116 valence electrons. The topological polar surface area (TPSA) is 25.4 Å². The van der Waals surface area contributed by atoms with Gasteiger partial charge in [-0.25, -0.2) is 0 Å². The van der Waals surface area contributed by atoms with E-state index < -0.39 is 0 Å². The summed E-state index contributed by atoms with van der Waals surface area (Å²) in [7, 11) is 0. The second kappa shape index (κ2) is 5.82. The predicted octanol–water partition coefficient (Wildman–Crippen LogP) is 4.61. The molecule has 0 spiro atoms. The number of hydrogen-bond acceptors (Lipinski definition) is 3. The first-order valence-electron chi connectivity index (χ1n) is 7.88. The Morgan fingerprint density at radius 1 is 1.09 bits per heavy atom. The van der Waals surface area contributed by atoms with Crippen molar-refractivity contribution in [3.05, 3.63) is 65.5 Å². The molecule has 1 fully saturated rings. The SMILES string of the molecule is Cc1ccc([C@@H]2C[C@H](c3cccnc3)N(C(C)(C)C)O2)cc1. The minimum Gasteiger partial charge on any atom is -0.290 e. The van der Waals surface area contributed by atoms with Crippen LogP contribution in [0.25, 0.3) is 0 Å². The van der Waals surface area contributed by atoms with Crippen molar-refractivity contribution in [1.29, 1.82) is 0 Å². The van der Waals surface area contributed by atoms with E-state index in [0.717, 1.165) is 6.42 Å². The number of hydrogen-bond donors (Lipinski definition) is 0. The molecule has 1 aliphatic rings. The van der Waals surface area contributed by atoms with Gasteiger partial charge in [-0.15, -0.1) is 0 Å². The number of rotatable bonds is 2. The average Bonchev–Trinajstić information content (AvgIpc) is 2.94. The number of pyridine rings is 1. The van der Waals surface area contributed by atoms with Crippen molar-refractivity contribution < 1.29 is 4.84 Å². The minimum absolute atomic E-state index is 0.0556. The largest absolute Gasteiger partial charge is 0.290 e. The summed E-state index contributed by atoms with van der Waals surface area (Å²) in [6, 6.07) is 13.0. The molecule has 3 nitrogen and oxygen atoms in total. The van der Waals surface area contributed by atoms with Crippen LogP contribution in [-0.2, 0) is 4.84 Å². The van der Waals surface area contributed by atoms with E-state index in [0.29, 0.717) is 0 Å². The van der Waals surface area contributed by atoms with Gasteiger partial charge in [0, 0.05) is 24.4 Å². The van der Waals surface area contributed by atoms with Gasteiger partial charge in [-0.1, -0.05) is 35.9 Å². The molecule has 0 saturated carbocycles. The Bertz CT molecular complexity index is 616. The molecule has 0 radical (unpaired) electrons. The zero-order chi connectivity index (χ0) is 15.7. The third-order valence-electron chi connectivity index (χ3n) is 4.14. The summed E-state index contributed by atoms with van der Waals surface area (Å²) >= 11 is 0. The van der Waals surface area contributed by atoms with Crippen LogP contribution in [-0.4, -0.2) is 15.6 Å². The number of aryl methyl sites for hydroxylation is 1. The zero-order valence-corrected chi connectivity index (χ0v) is 13.8. The van der Waals surface area contributed by atoms with Crippen molar-refractivity contribution in [3.63, 3.8) is 0 Å². The normalized spacial score (nSPS) is 22.9. The highest BCUT2D eigenvalue weighted by atomic mass is 16.7. The summed E-state index contributed by atoms with van der Waals surface area (Å²) in [6.45, 7) is 8.68. The molecule has 2 heterocycles. The van der Waals surface area contributed by atoms with E-state index in [9.17, 15) is 0 Å². The quantitative estimate of drug-likeness (QED) is 0.809. The molecule has 0 amide bonds. The molecular formula is C19H24N2O. The van der Waals surface area contributed by atoms with Crippen LogP contribution in [0.1, 0.15) is 56.0 Å². The van der Waals surface area contributed by atoms with Gasteiger partial charge in [0.05, 0.1) is 6.04 Å². The highest BCUT2D eigenvalue weighted by Gasteiger charge is 2.41. The molecule has 3 rings (SSSR count). The standard InChI is InChI=1S/C19H24N2O/c1-14-7-9-15(10-8-14)18-12-17(16-6-5-11-20-13-16)21(22-18)19(2,3)4/h5-11,13,17-18H,12H2,1-4H3/t17-,18+/m1/s1. The lowest BCUT2D eigenvalue weighted by molar-refractivity contribution is -0.215. The van der Waals surface area contributed by atoms with E-state index in [4.69, 9.17) is 4.84 Å². The number of benzene rings is 1. The lowest BCUT2D eigenvalue weighted by atomic mass is 9.96. The summed E-state index contributed by atoms with van der Waals surface area (Å²) in [6.07, 6.45) is 4.82. The zero-order valence-electron chi connectivity index (χ0n) is 13.8. The maximum atomic E-state index is 6.32. The lowest BCUT2D eigenvalue weighted by Crippen LogP contribution is -2.39. The smallest absolute Gasteiger partial charge is 0.106 e. The van der Waals surface area contributed by atoms with Crippen LogP contribution in [0.3, 0.4) is 0 Å². The molecule has 1 aromatic carbocycles. The summed E-state index contributed by atoms with van der Waals surface area (Å²) < 4.78 is 0. The summed E-state index contributed by atoms with van der Waals surface area (Å²) in [5.74, 6) is 0. The number of nitrogens with zero attached hydrogens (tertiary/aromatic N) is 2. The molecule has 3 heteroatoms. The molecule has 2 atom stereocenters. The Morgan fingerprint density at radius 3 is 2.41 bits per heavy atom. The van der Waals surface area contributed by atoms with Crippen molar-refractivity contribution in [2.75, 3.05) is 0 Å². The third kappa shape index (κ3) is 3.06. The first-order valence-corrected chi connectivity index (χ1v) is 7.88. The van der Waals surface area contributed by atoms with E-state index in [2.05, 4.69) is 68.1 Å². The number of aromatic nitrogens is 1. The fourth-order valence-corrected chi connectivity index (χ4v) is 3.00. The van der Waals surface area contributed by atoms with Gasteiger partial charge in [-0.3, -0.25) is 9.82 Å². The van der Waals surface area contributed by atoms with Gasteiger partial charge in [0.25, 0.3) is 0 Å². The molecule has 0 aliphatic carbocycles. The maximum Gasteiger partial charge on any atom is 0.106 e. The molecule has 0 N–H and O–H groups in total. The van der Waals surface area contributed by atoms with Crippen LogP contribution in [0.5, 0.6) is 0 Å². The molecule has 1 aliphatic heterocycles. The molecule has 1 aromatic heterocycles. The Hall–Kier alpha value is -1.71. The van der Waals surface area contributed by atoms with Crippen LogP contribution in [0, 0.1) is 6.92 Å². The summed E-state index contributed by atoms with van der Waals surface area (Å²) in [5.41, 5.74) is 3.68. The van der Waals surface area contributed by atoms with Crippen LogP contribution >= 0.6 is 0 Å². The molecular weight excluding hydrogens is 272 g/mol. The highest BCUT2D eigenvalue weighted by molar-refractivity contribution is 5.25. The van der Waals surface area contributed by atoms with Crippen molar-refractivity contribution >= 4 is 0 Å². The second-order valence-corrected chi connectivity index (χ2v) is 7.04. The van der Waals surface area contributed by atoms with Crippen LogP contribution in [0.4, 0.5) is 0 Å². The molecule has 2 aromatic rings. The predicted molar refractivity (Wildman–Crippen MR) is 88.2 cm³/mol. The summed E-state index contributed by atoms with van der Waals surface area (Å²) in [4.78, 5) is 10.6. The van der Waals surface area contributed by atoms with E-state index in [1.165, 1.54) is 16.7 Å². The molecule has 22 heavy (non-hydrogen) atoms. The monoisotopic (exact) mass is 296 g/mol. The second-order valence-electron chi connectivity index (χ2n) is 7.04. The molecule has 0 unspecified atom stereocenters. The Morgan fingerprint density at radius 2 is 1.82 bits per heavy atom. The fourth-order valence-electron chi connectivity index (χ4n) is 3.00. The van der Waals surface area contributed by atoms with Crippen molar-refractivity contribution in [3.8, 4) is 0 Å². The highest BCUT2D eigenvalue weighted by Crippen LogP contribution is 2.45. The van der Waals surface area contributed by atoms with Gasteiger partial charge >= 0.3 is 0 Å². The fraction of sp³-hybridized carbons (Fsp3) is 0.421. The molecule has 1 saturated heterocycles. The Balaban J connectivity index is 1.90. The first-order chi connectivity index (χ1) is 10.4. The van der Waals surface area contributed by atoms with Crippen molar-refractivity contribution in [2.45, 2.75) is 51.8 Å². The van der Waals surface area contributed by atoms with Gasteiger partial charge in [-0.2, -0.15) is 5.06 Å². The maximum absolute atomic E-state index is 6.32. The van der Waals surface area contributed by atoms with Crippen LogP contribution < -0.4 is 0 Å². The lowest BCUT2D eigenvalue weighted by Gasteiger charge is -2.35. The Labute approximate surface area is 132 Å². The van der Waals surface area contributed by atoms with Crippen molar-refractivity contribution in [2.24, 2.45) is 0 Å². The van der Waals surface area contributed by atoms with Gasteiger partial charge in [0.1, 0.15) is 6.10 Å². The van der Waals surface area contributed by atoms with E-state index in [-0.39, 0.29) is 17.7 Å². The average molecular weight is 296 g/mol. The molecule has 0 bridgehead atoms. The third-order valence-corrected chi connectivity index (χ3v) is 4.14. The van der Waals surface area contributed by atoms with E-state index >= 15 is 0 Å². The minimum atomic E-state index is -0.0556. The van der Waals surface area contributed by atoms with Gasteiger partial charge < -0.3 is 0 Å². The van der Waals surface area contributed by atoms with Gasteiger partial charge in [0.15, 0.2) is 0 Å². The summed E-state index contributed by atoms with van der Waals surface area (Å²) in [5, 5.41) is 2.13. The van der Waals surface area contributed by atoms with E-state index in [1.54, 1.807) is 0 Å². The van der Waals surface area contributed by atoms with Crippen LogP contribution in [0.2, 0.25) is 0 Å². The van der Waals surface area contributed by atoms with Gasteiger partial charge in [0.2, 0.25) is 0 Å².